The van der Waals surface area contributed by atoms with Crippen molar-refractivity contribution in [3.8, 4) is 0 Å². The van der Waals surface area contributed by atoms with Crippen molar-refractivity contribution in [2.75, 3.05) is 13.1 Å². The fraction of sp³-hybridized carbons (Fsp3) is 0.929. The summed E-state index contributed by atoms with van der Waals surface area (Å²) in [6.45, 7) is 11.3. The Morgan fingerprint density at radius 3 is 2.50 bits per heavy atom. The molecule has 0 aliphatic carbocycles. The lowest BCUT2D eigenvalue weighted by Gasteiger charge is -2.39. The van der Waals surface area contributed by atoms with Gasteiger partial charge in [0.25, 0.3) is 0 Å². The van der Waals surface area contributed by atoms with Crippen LogP contribution >= 0.6 is 0 Å². The van der Waals surface area contributed by atoms with Crippen molar-refractivity contribution in [3.05, 3.63) is 0 Å². The molecule has 2 N–H and O–H groups in total. The van der Waals surface area contributed by atoms with Crippen molar-refractivity contribution >= 4 is 6.09 Å². The summed E-state index contributed by atoms with van der Waals surface area (Å²) >= 11 is 0. The fourth-order valence-electron chi connectivity index (χ4n) is 2.81. The van der Waals surface area contributed by atoms with Crippen LogP contribution in [0.2, 0.25) is 0 Å². The zero-order valence-electron chi connectivity index (χ0n) is 12.5. The molecule has 0 aromatic heterocycles. The molecule has 1 fully saturated rings. The summed E-state index contributed by atoms with van der Waals surface area (Å²) in [5.41, 5.74) is 5.32. The van der Waals surface area contributed by atoms with Crippen LogP contribution in [0.15, 0.2) is 0 Å². The smallest absolute Gasteiger partial charge is 0.410 e. The van der Waals surface area contributed by atoms with E-state index in [-0.39, 0.29) is 11.6 Å². The van der Waals surface area contributed by atoms with E-state index in [1.165, 1.54) is 0 Å². The van der Waals surface area contributed by atoms with Gasteiger partial charge in [0.05, 0.1) is 5.54 Å². The second-order valence-corrected chi connectivity index (χ2v) is 6.76. The van der Waals surface area contributed by atoms with E-state index < -0.39 is 5.60 Å². The molecular formula is C14H28N2O2. The maximum absolute atomic E-state index is 12.3. The van der Waals surface area contributed by atoms with Gasteiger partial charge < -0.3 is 15.4 Å². The van der Waals surface area contributed by atoms with Crippen LogP contribution in [0.5, 0.6) is 0 Å². The molecule has 0 aromatic rings. The third kappa shape index (κ3) is 3.61. The predicted molar refractivity (Wildman–Crippen MR) is 73.4 cm³/mol. The van der Waals surface area contributed by atoms with Crippen molar-refractivity contribution in [2.24, 2.45) is 11.7 Å². The fourth-order valence-corrected chi connectivity index (χ4v) is 2.81. The highest BCUT2D eigenvalue weighted by molar-refractivity contribution is 5.69. The van der Waals surface area contributed by atoms with Crippen LogP contribution in [0, 0.1) is 5.92 Å². The Hall–Kier alpha value is -0.770. The van der Waals surface area contributed by atoms with Crippen molar-refractivity contribution in [1.82, 2.24) is 4.90 Å². The second kappa shape index (κ2) is 5.47. The largest absolute Gasteiger partial charge is 0.444 e. The lowest BCUT2D eigenvalue weighted by atomic mass is 9.86. The number of ether oxygens (including phenoxy) is 1. The van der Waals surface area contributed by atoms with E-state index in [2.05, 4.69) is 13.8 Å². The molecule has 0 bridgehead atoms. The van der Waals surface area contributed by atoms with Gasteiger partial charge in [0, 0.05) is 13.1 Å². The molecule has 1 aliphatic rings. The SMILES string of the molecule is CC(C)C[C@@]1(CN)CCCN1C(=O)OC(C)(C)C. The third-order valence-corrected chi connectivity index (χ3v) is 3.38. The molecular weight excluding hydrogens is 228 g/mol. The van der Waals surface area contributed by atoms with Gasteiger partial charge in [0.1, 0.15) is 5.60 Å². The maximum atomic E-state index is 12.3. The van der Waals surface area contributed by atoms with Crippen molar-refractivity contribution in [2.45, 2.75) is 65.0 Å². The van der Waals surface area contributed by atoms with Crippen molar-refractivity contribution < 1.29 is 9.53 Å². The molecule has 4 nitrogen and oxygen atoms in total. The van der Waals surface area contributed by atoms with Crippen molar-refractivity contribution in [1.29, 1.82) is 0 Å². The van der Waals surface area contributed by atoms with E-state index in [4.69, 9.17) is 10.5 Å². The lowest BCUT2D eigenvalue weighted by Crippen LogP contribution is -2.54. The van der Waals surface area contributed by atoms with Crippen LogP contribution in [-0.2, 0) is 4.74 Å². The van der Waals surface area contributed by atoms with Gasteiger partial charge in [-0.1, -0.05) is 13.8 Å². The summed E-state index contributed by atoms with van der Waals surface area (Å²) in [7, 11) is 0. The van der Waals surface area contributed by atoms with E-state index >= 15 is 0 Å². The monoisotopic (exact) mass is 256 g/mol. The van der Waals surface area contributed by atoms with E-state index in [1.807, 2.05) is 25.7 Å². The molecule has 0 saturated carbocycles. The minimum absolute atomic E-state index is 0.198. The Morgan fingerprint density at radius 1 is 1.44 bits per heavy atom. The highest BCUT2D eigenvalue weighted by Crippen LogP contribution is 2.35. The molecule has 1 saturated heterocycles. The molecule has 1 aliphatic heterocycles. The van der Waals surface area contributed by atoms with Crippen LogP contribution in [0.4, 0.5) is 4.79 Å². The Labute approximate surface area is 111 Å². The van der Waals surface area contributed by atoms with Gasteiger partial charge >= 0.3 is 6.09 Å². The summed E-state index contributed by atoms with van der Waals surface area (Å²) in [5.74, 6) is 0.525. The second-order valence-electron chi connectivity index (χ2n) is 6.76. The first-order valence-electron chi connectivity index (χ1n) is 6.91. The van der Waals surface area contributed by atoms with Crippen molar-refractivity contribution in [3.63, 3.8) is 0 Å². The number of rotatable bonds is 3. The summed E-state index contributed by atoms with van der Waals surface area (Å²) in [6.07, 6.45) is 2.73. The molecule has 0 unspecified atom stereocenters. The number of hydrogen-bond donors (Lipinski definition) is 1. The average Bonchev–Trinajstić information content (AvgIpc) is 2.58. The molecule has 1 atom stereocenters. The van der Waals surface area contributed by atoms with Crippen LogP contribution in [0.25, 0.3) is 0 Å². The molecule has 0 aromatic carbocycles. The van der Waals surface area contributed by atoms with Crippen LogP contribution in [-0.4, -0.2) is 35.2 Å². The first kappa shape index (κ1) is 15.3. The molecule has 1 rings (SSSR count). The average molecular weight is 256 g/mol. The summed E-state index contributed by atoms with van der Waals surface area (Å²) < 4.78 is 5.49. The van der Waals surface area contributed by atoms with Crippen LogP contribution in [0.1, 0.15) is 53.9 Å². The Morgan fingerprint density at radius 2 is 2.06 bits per heavy atom. The quantitative estimate of drug-likeness (QED) is 0.844. The Balaban J connectivity index is 2.82. The molecule has 106 valence electrons. The van der Waals surface area contributed by atoms with Gasteiger partial charge in [0.15, 0.2) is 0 Å². The van der Waals surface area contributed by atoms with Crippen LogP contribution in [0.3, 0.4) is 0 Å². The molecule has 0 radical (unpaired) electrons. The summed E-state index contributed by atoms with van der Waals surface area (Å²) in [6, 6.07) is 0. The first-order chi connectivity index (χ1) is 8.20. The molecule has 1 amide bonds. The van der Waals surface area contributed by atoms with Gasteiger partial charge in [-0.15, -0.1) is 0 Å². The number of nitrogens with two attached hydrogens (primary N) is 1. The highest BCUT2D eigenvalue weighted by atomic mass is 16.6. The standard InChI is InChI=1S/C14H28N2O2/c1-11(2)9-14(10-15)7-6-8-16(14)12(17)18-13(3,4)5/h11H,6-10,15H2,1-5H3/t14-/m1/s1. The van der Waals surface area contributed by atoms with Crippen LogP contribution < -0.4 is 5.73 Å². The number of nitrogens with zero attached hydrogens (tertiary/aromatic N) is 1. The molecule has 0 spiro atoms. The first-order valence-corrected chi connectivity index (χ1v) is 6.91. The topological polar surface area (TPSA) is 55.6 Å². The molecule has 4 heteroatoms. The maximum Gasteiger partial charge on any atom is 0.410 e. The van der Waals surface area contributed by atoms with E-state index in [1.54, 1.807) is 0 Å². The zero-order valence-corrected chi connectivity index (χ0v) is 12.5. The van der Waals surface area contributed by atoms with Gasteiger partial charge in [-0.3, -0.25) is 0 Å². The number of hydrogen-bond acceptors (Lipinski definition) is 3. The van der Waals surface area contributed by atoms with E-state index in [0.717, 1.165) is 25.8 Å². The minimum Gasteiger partial charge on any atom is -0.444 e. The summed E-state index contributed by atoms with van der Waals surface area (Å²) in [5, 5.41) is 0. The Bertz CT molecular complexity index is 297. The summed E-state index contributed by atoms with van der Waals surface area (Å²) in [4.78, 5) is 14.1. The highest BCUT2D eigenvalue weighted by Gasteiger charge is 2.44. The van der Waals surface area contributed by atoms with Gasteiger partial charge in [0.2, 0.25) is 0 Å². The van der Waals surface area contributed by atoms with E-state index in [9.17, 15) is 4.79 Å². The lowest BCUT2D eigenvalue weighted by molar-refractivity contribution is 0.00567. The molecule has 1 heterocycles. The molecule has 18 heavy (non-hydrogen) atoms. The number of likely N-dealkylation sites (tertiary alicyclic amines) is 1. The number of amides is 1. The number of carbonyl (C=O) groups is 1. The Kier molecular flexibility index (Phi) is 4.65. The predicted octanol–water partition coefficient (Wildman–Crippen LogP) is 2.76. The third-order valence-electron chi connectivity index (χ3n) is 3.38. The number of carbonyl (C=O) groups excluding carboxylic acids is 1. The van der Waals surface area contributed by atoms with Gasteiger partial charge in [-0.05, 0) is 46.0 Å². The van der Waals surface area contributed by atoms with Gasteiger partial charge in [-0.25, -0.2) is 4.79 Å². The van der Waals surface area contributed by atoms with E-state index in [0.29, 0.717) is 12.5 Å². The van der Waals surface area contributed by atoms with Gasteiger partial charge in [-0.2, -0.15) is 0 Å². The normalized spacial score (nSPS) is 24.7. The zero-order chi connectivity index (χ0) is 14.0. The minimum atomic E-state index is -0.447.